The normalized spacial score (nSPS) is 29.2. The molecule has 11 heteroatoms. The first-order valence-electron chi connectivity index (χ1n) is 12.7. The van der Waals surface area contributed by atoms with Crippen molar-refractivity contribution in [2.24, 2.45) is 17.8 Å². The Balaban J connectivity index is 1.56. The van der Waals surface area contributed by atoms with Crippen molar-refractivity contribution in [3.05, 3.63) is 36.9 Å². The predicted octanol–water partition coefficient (Wildman–Crippen LogP) is 1.27. The third-order valence-electron chi connectivity index (χ3n) is 7.99. The third-order valence-corrected chi connectivity index (χ3v) is 7.99. The monoisotopic (exact) mass is 511 g/mol. The molecule has 4 heterocycles. The van der Waals surface area contributed by atoms with Crippen molar-refractivity contribution < 1.29 is 29.3 Å². The highest BCUT2D eigenvalue weighted by molar-refractivity contribution is 5.98. The number of rotatable bonds is 10. The van der Waals surface area contributed by atoms with E-state index in [0.29, 0.717) is 24.8 Å². The lowest BCUT2D eigenvalue weighted by Crippen LogP contribution is -2.59. The molecule has 0 unspecified atom stereocenters. The van der Waals surface area contributed by atoms with Gasteiger partial charge in [-0.05, 0) is 37.3 Å². The summed E-state index contributed by atoms with van der Waals surface area (Å²) in [7, 11) is 0. The first-order chi connectivity index (χ1) is 17.7. The number of amides is 2. The van der Waals surface area contributed by atoms with Crippen molar-refractivity contribution in [2.45, 2.75) is 63.6 Å². The van der Waals surface area contributed by atoms with Gasteiger partial charge in [-0.25, -0.2) is 4.68 Å². The van der Waals surface area contributed by atoms with Gasteiger partial charge in [-0.15, -0.1) is 11.7 Å². The molecule has 11 nitrogen and oxygen atoms in total. The van der Waals surface area contributed by atoms with Crippen LogP contribution in [0.15, 0.2) is 36.9 Å². The summed E-state index contributed by atoms with van der Waals surface area (Å²) >= 11 is 0. The molecule has 2 bridgehead atoms. The lowest BCUT2D eigenvalue weighted by Gasteiger charge is -2.39. The van der Waals surface area contributed by atoms with Gasteiger partial charge in [0, 0.05) is 6.54 Å². The quantitative estimate of drug-likeness (QED) is 0.455. The van der Waals surface area contributed by atoms with E-state index in [1.165, 1.54) is 9.80 Å². The van der Waals surface area contributed by atoms with Crippen molar-refractivity contribution in [1.29, 1.82) is 0 Å². The van der Waals surface area contributed by atoms with Crippen molar-refractivity contribution in [1.82, 2.24) is 24.8 Å². The number of aliphatic carboxylic acids is 1. The number of aliphatic hydroxyl groups excluding tert-OH is 1. The highest BCUT2D eigenvalue weighted by Crippen LogP contribution is 2.59. The molecule has 1 aromatic heterocycles. The van der Waals surface area contributed by atoms with E-state index in [1.807, 2.05) is 38.1 Å². The summed E-state index contributed by atoms with van der Waals surface area (Å²) in [4.78, 5) is 43.5. The topological polar surface area (TPSA) is 138 Å². The highest BCUT2D eigenvalue weighted by Gasteiger charge is 2.75. The summed E-state index contributed by atoms with van der Waals surface area (Å²) < 4.78 is 7.90. The maximum absolute atomic E-state index is 14.4. The molecule has 6 atom stereocenters. The molecule has 0 radical (unpaired) electrons. The van der Waals surface area contributed by atoms with E-state index >= 15 is 0 Å². The largest absolute Gasteiger partial charge is 0.481 e. The summed E-state index contributed by atoms with van der Waals surface area (Å²) in [5, 5.41) is 28.7. The van der Waals surface area contributed by atoms with Crippen LogP contribution in [-0.2, 0) is 25.8 Å². The first kappa shape index (κ1) is 25.3. The molecule has 2 N–H and O–H groups in total. The van der Waals surface area contributed by atoms with Gasteiger partial charge in [-0.2, -0.15) is 0 Å². The van der Waals surface area contributed by atoms with Crippen molar-refractivity contribution in [3.63, 3.8) is 0 Å². The SMILES string of the molecule is C=CCN(Cn1nnc2ccccc21)C(=O)[C@@H]1N([C@@H](CO)CC(C)C)C(=O)[C@H]2[C@H](C(=O)O)[C@@H]3CC[C@]12O3. The second-order valence-electron chi connectivity index (χ2n) is 10.7. The number of carbonyl (C=O) groups is 3. The number of ether oxygens (including phenoxy) is 1. The number of benzene rings is 1. The number of likely N-dealkylation sites (tertiary alicyclic amines) is 1. The maximum atomic E-state index is 14.4. The number of nitrogens with zero attached hydrogens (tertiary/aromatic N) is 5. The number of carbonyl (C=O) groups excluding carboxylic acids is 2. The molecule has 1 spiro atoms. The Hall–Kier alpha value is -3.31. The van der Waals surface area contributed by atoms with Crippen molar-refractivity contribution in [3.8, 4) is 0 Å². The van der Waals surface area contributed by atoms with Gasteiger partial charge >= 0.3 is 5.97 Å². The van der Waals surface area contributed by atoms with E-state index < -0.39 is 47.5 Å². The number of hydrogen-bond donors (Lipinski definition) is 2. The van der Waals surface area contributed by atoms with Gasteiger partial charge in [0.2, 0.25) is 11.8 Å². The average molecular weight is 512 g/mol. The zero-order valence-electron chi connectivity index (χ0n) is 21.1. The fourth-order valence-electron chi connectivity index (χ4n) is 6.60. The predicted molar refractivity (Wildman–Crippen MR) is 132 cm³/mol. The van der Waals surface area contributed by atoms with E-state index in [9.17, 15) is 24.6 Å². The molecule has 3 saturated heterocycles. The lowest BCUT2D eigenvalue weighted by molar-refractivity contribution is -0.154. The molecule has 2 aromatic rings. The Morgan fingerprint density at radius 3 is 2.78 bits per heavy atom. The second kappa shape index (κ2) is 9.53. The molecule has 3 aliphatic heterocycles. The number of aromatic nitrogens is 3. The van der Waals surface area contributed by atoms with E-state index in [4.69, 9.17) is 4.74 Å². The van der Waals surface area contributed by atoms with Gasteiger partial charge in [0.25, 0.3) is 0 Å². The minimum atomic E-state index is -1.25. The van der Waals surface area contributed by atoms with Gasteiger partial charge < -0.3 is 24.7 Å². The van der Waals surface area contributed by atoms with E-state index in [1.54, 1.807) is 10.8 Å². The number of carboxylic acid groups (broad SMARTS) is 1. The Kier molecular flexibility index (Phi) is 6.53. The van der Waals surface area contributed by atoms with Gasteiger partial charge in [0.05, 0.1) is 36.1 Å². The van der Waals surface area contributed by atoms with Crippen molar-refractivity contribution >= 4 is 28.8 Å². The Morgan fingerprint density at radius 1 is 1.35 bits per heavy atom. The molecule has 1 aromatic carbocycles. The highest BCUT2D eigenvalue weighted by atomic mass is 16.5. The van der Waals surface area contributed by atoms with Gasteiger partial charge in [0.15, 0.2) is 0 Å². The molecule has 0 aliphatic carbocycles. The second-order valence-corrected chi connectivity index (χ2v) is 10.7. The van der Waals surface area contributed by atoms with Crippen LogP contribution in [0.3, 0.4) is 0 Å². The molecule has 198 valence electrons. The standard InChI is InChI=1S/C26H33N5O6/c1-4-11-29(14-30-18-8-6-5-7-17(18)27-28-30)24(34)22-26-10-9-19(37-26)20(25(35)36)21(26)23(33)31(22)16(13-32)12-15(2)3/h4-8,15-16,19-22,32H,1,9-14H2,2-3H3,(H,35,36)/t16-,19+,20-,21-,22+,26-/m1/s1. The van der Waals surface area contributed by atoms with Crippen LogP contribution in [0.5, 0.6) is 0 Å². The fraction of sp³-hybridized carbons (Fsp3) is 0.577. The molecule has 5 rings (SSSR count). The minimum absolute atomic E-state index is 0.0599. The smallest absolute Gasteiger partial charge is 0.310 e. The number of hydrogen-bond acceptors (Lipinski definition) is 7. The van der Waals surface area contributed by atoms with Gasteiger partial charge in [-0.3, -0.25) is 14.4 Å². The summed E-state index contributed by atoms with van der Waals surface area (Å²) in [5.41, 5.74) is 0.178. The fourth-order valence-corrected chi connectivity index (χ4v) is 6.60. The number of fused-ring (bicyclic) bond motifs is 2. The van der Waals surface area contributed by atoms with Crippen LogP contribution in [0.25, 0.3) is 11.0 Å². The van der Waals surface area contributed by atoms with E-state index in [0.717, 1.165) is 5.52 Å². The van der Waals surface area contributed by atoms with Gasteiger partial charge in [-0.1, -0.05) is 37.3 Å². The molecule has 2 amide bonds. The van der Waals surface area contributed by atoms with Crippen LogP contribution in [0.2, 0.25) is 0 Å². The lowest BCUT2D eigenvalue weighted by atomic mass is 9.70. The van der Waals surface area contributed by atoms with Crippen LogP contribution in [0, 0.1) is 17.8 Å². The molecule has 37 heavy (non-hydrogen) atoms. The molecule has 3 fully saturated rings. The number of aliphatic hydroxyl groups is 1. The summed E-state index contributed by atoms with van der Waals surface area (Å²) in [6.45, 7) is 7.64. The minimum Gasteiger partial charge on any atom is -0.481 e. The zero-order chi connectivity index (χ0) is 26.5. The van der Waals surface area contributed by atoms with Crippen LogP contribution in [0.1, 0.15) is 33.1 Å². The van der Waals surface area contributed by atoms with Crippen LogP contribution in [-0.4, -0.2) is 89.7 Å². The molecule has 0 saturated carbocycles. The number of carboxylic acids is 1. The Labute approximate surface area is 214 Å². The van der Waals surface area contributed by atoms with E-state index in [-0.39, 0.29) is 31.6 Å². The maximum Gasteiger partial charge on any atom is 0.310 e. The Morgan fingerprint density at radius 2 is 2.11 bits per heavy atom. The van der Waals surface area contributed by atoms with Crippen LogP contribution >= 0.6 is 0 Å². The summed E-state index contributed by atoms with van der Waals surface area (Å²) in [6, 6.07) is 5.69. The first-order valence-corrected chi connectivity index (χ1v) is 12.7. The van der Waals surface area contributed by atoms with Crippen LogP contribution in [0.4, 0.5) is 0 Å². The third kappa shape index (κ3) is 3.91. The molecular formula is C26H33N5O6. The zero-order valence-corrected chi connectivity index (χ0v) is 21.1. The summed E-state index contributed by atoms with van der Waals surface area (Å²) in [5.74, 6) is -3.78. The van der Waals surface area contributed by atoms with E-state index in [2.05, 4.69) is 16.9 Å². The van der Waals surface area contributed by atoms with Crippen molar-refractivity contribution in [2.75, 3.05) is 13.2 Å². The summed E-state index contributed by atoms with van der Waals surface area (Å²) in [6.07, 6.45) is 2.30. The molecular weight excluding hydrogens is 478 g/mol. The molecule has 3 aliphatic rings. The van der Waals surface area contributed by atoms with Gasteiger partial charge in [0.1, 0.15) is 23.8 Å². The number of para-hydroxylation sites is 1. The average Bonchev–Trinajstić information content (AvgIpc) is 3.61. The Bertz CT molecular complexity index is 1230. The van der Waals surface area contributed by atoms with Crippen LogP contribution < -0.4 is 0 Å².